The van der Waals surface area contributed by atoms with Gasteiger partial charge in [0.15, 0.2) is 0 Å². The number of nitro groups is 1. The number of fused-ring (bicyclic) bond motifs is 1. The van der Waals surface area contributed by atoms with Crippen molar-refractivity contribution in [1.29, 1.82) is 0 Å². The molecule has 10 nitrogen and oxygen atoms in total. The van der Waals surface area contributed by atoms with E-state index in [1.165, 1.54) is 22.9 Å². The highest BCUT2D eigenvalue weighted by Gasteiger charge is 2.19. The first-order chi connectivity index (χ1) is 15.7. The van der Waals surface area contributed by atoms with Crippen molar-refractivity contribution in [3.8, 4) is 11.6 Å². The summed E-state index contributed by atoms with van der Waals surface area (Å²) in [5.41, 5.74) is 0.526. The number of carbonyl (C=O) groups is 1. The van der Waals surface area contributed by atoms with E-state index >= 15 is 0 Å². The first-order valence-electron chi connectivity index (χ1n) is 10.0. The van der Waals surface area contributed by atoms with Crippen molar-refractivity contribution >= 4 is 34.3 Å². The predicted octanol–water partition coefficient (Wildman–Crippen LogP) is 5.66. The molecule has 1 N–H and O–H groups in total. The van der Waals surface area contributed by atoms with Crippen LogP contribution in [-0.4, -0.2) is 31.2 Å². The number of anilines is 2. The lowest BCUT2D eigenvalue weighted by Crippen LogP contribution is -2.26. The summed E-state index contributed by atoms with van der Waals surface area (Å²) in [7, 11) is 0. The number of ether oxygens (including phenoxy) is 2. The van der Waals surface area contributed by atoms with Crippen LogP contribution in [0.1, 0.15) is 20.8 Å². The fourth-order valence-corrected chi connectivity index (χ4v) is 3.06. The first-order valence-corrected chi connectivity index (χ1v) is 10.0. The number of carbonyl (C=O) groups excluding carboxylic acids is 1. The highest BCUT2D eigenvalue weighted by Crippen LogP contribution is 2.27. The molecule has 10 heteroatoms. The van der Waals surface area contributed by atoms with Crippen molar-refractivity contribution in [2.24, 2.45) is 0 Å². The van der Waals surface area contributed by atoms with Crippen molar-refractivity contribution < 1.29 is 19.2 Å². The molecule has 4 rings (SSSR count). The number of aromatic nitrogens is 3. The Bertz CT molecular complexity index is 1340. The maximum absolute atomic E-state index is 12.4. The van der Waals surface area contributed by atoms with Gasteiger partial charge in [0.05, 0.1) is 10.4 Å². The van der Waals surface area contributed by atoms with E-state index in [0.717, 1.165) is 5.39 Å². The van der Waals surface area contributed by atoms with Gasteiger partial charge in [-0.1, -0.05) is 6.07 Å². The van der Waals surface area contributed by atoms with Crippen molar-refractivity contribution in [2.75, 3.05) is 5.32 Å². The Morgan fingerprint density at radius 1 is 1.12 bits per heavy atom. The molecule has 0 fully saturated rings. The second-order valence-electron chi connectivity index (χ2n) is 8.14. The van der Waals surface area contributed by atoms with Crippen LogP contribution in [0.15, 0.2) is 67.0 Å². The van der Waals surface area contributed by atoms with Crippen molar-refractivity contribution in [3.63, 3.8) is 0 Å². The summed E-state index contributed by atoms with van der Waals surface area (Å²) in [6.07, 6.45) is 2.70. The van der Waals surface area contributed by atoms with Crippen LogP contribution in [-0.2, 0) is 4.74 Å². The van der Waals surface area contributed by atoms with Gasteiger partial charge in [0, 0.05) is 41.7 Å². The van der Waals surface area contributed by atoms with Crippen LogP contribution >= 0.6 is 0 Å². The third-order valence-corrected chi connectivity index (χ3v) is 4.42. The van der Waals surface area contributed by atoms with E-state index in [9.17, 15) is 14.9 Å². The summed E-state index contributed by atoms with van der Waals surface area (Å²) in [6.45, 7) is 5.44. The average molecular weight is 447 g/mol. The lowest BCUT2D eigenvalue weighted by molar-refractivity contribution is -0.384. The van der Waals surface area contributed by atoms with E-state index in [-0.39, 0.29) is 17.5 Å². The maximum atomic E-state index is 12.4. The van der Waals surface area contributed by atoms with Crippen LogP contribution in [0.5, 0.6) is 11.6 Å². The summed E-state index contributed by atoms with van der Waals surface area (Å²) in [6, 6.07) is 14.7. The Labute approximate surface area is 189 Å². The summed E-state index contributed by atoms with van der Waals surface area (Å²) in [5, 5.41) is 14.7. The molecule has 0 atom stereocenters. The highest BCUT2D eigenvalue weighted by molar-refractivity contribution is 5.90. The number of nitrogens with zero attached hydrogens (tertiary/aromatic N) is 4. The molecular weight excluding hydrogens is 426 g/mol. The summed E-state index contributed by atoms with van der Waals surface area (Å²) < 4.78 is 12.7. The molecule has 0 amide bonds. The summed E-state index contributed by atoms with van der Waals surface area (Å²) >= 11 is 0. The molecule has 0 aliphatic heterocycles. The zero-order valence-electron chi connectivity index (χ0n) is 18.2. The molecule has 0 aliphatic carbocycles. The number of nitro benzene ring substituents is 1. The monoisotopic (exact) mass is 447 g/mol. The molecule has 0 unspecified atom stereocenters. The van der Waals surface area contributed by atoms with Crippen molar-refractivity contribution in [2.45, 2.75) is 26.4 Å². The molecule has 33 heavy (non-hydrogen) atoms. The molecule has 2 aromatic heterocycles. The molecule has 0 aliphatic rings. The van der Waals surface area contributed by atoms with Gasteiger partial charge in [-0.3, -0.25) is 14.7 Å². The average Bonchev–Trinajstić information content (AvgIpc) is 3.16. The molecule has 0 bridgehead atoms. The topological polar surface area (TPSA) is 121 Å². The molecule has 2 heterocycles. The van der Waals surface area contributed by atoms with Crippen LogP contribution in [0, 0.1) is 10.1 Å². The van der Waals surface area contributed by atoms with Gasteiger partial charge in [0.25, 0.3) is 5.69 Å². The van der Waals surface area contributed by atoms with Gasteiger partial charge in [-0.15, -0.1) is 0 Å². The Hall–Kier alpha value is -4.47. The van der Waals surface area contributed by atoms with Gasteiger partial charge in [0.2, 0.25) is 11.8 Å². The van der Waals surface area contributed by atoms with E-state index in [4.69, 9.17) is 9.47 Å². The van der Waals surface area contributed by atoms with Crippen molar-refractivity contribution in [1.82, 2.24) is 14.5 Å². The Kier molecular flexibility index (Phi) is 5.65. The number of non-ortho nitro benzene ring substituents is 1. The maximum Gasteiger partial charge on any atom is 0.418 e. The van der Waals surface area contributed by atoms with E-state index in [2.05, 4.69) is 15.3 Å². The van der Waals surface area contributed by atoms with Crippen LogP contribution in [0.4, 0.5) is 22.1 Å². The van der Waals surface area contributed by atoms with E-state index in [0.29, 0.717) is 17.0 Å². The molecular formula is C23H21N5O5. The predicted molar refractivity (Wildman–Crippen MR) is 122 cm³/mol. The van der Waals surface area contributed by atoms with Crippen LogP contribution in [0.3, 0.4) is 0 Å². The van der Waals surface area contributed by atoms with Crippen LogP contribution in [0.25, 0.3) is 10.9 Å². The standard InChI is InChI=1S/C23H21N5O5/c1-23(2,3)33-22(29)27-12-10-15-13-18(7-8-19(15)27)32-20-9-11-24-21(26-20)25-16-5-4-6-17(14-16)28(30)31/h4-14H,1-3H3,(H,24,25,26). The van der Waals surface area contributed by atoms with E-state index < -0.39 is 16.6 Å². The number of rotatable bonds is 5. The zero-order chi connectivity index (χ0) is 23.6. The Morgan fingerprint density at radius 2 is 1.94 bits per heavy atom. The Morgan fingerprint density at radius 3 is 2.70 bits per heavy atom. The minimum Gasteiger partial charge on any atom is -0.443 e. The van der Waals surface area contributed by atoms with Gasteiger partial charge in [-0.2, -0.15) is 4.98 Å². The molecule has 0 saturated carbocycles. The van der Waals surface area contributed by atoms with Gasteiger partial charge < -0.3 is 14.8 Å². The first kappa shape index (κ1) is 21.8. The number of hydrogen-bond donors (Lipinski definition) is 1. The molecule has 0 spiro atoms. The van der Waals surface area contributed by atoms with Crippen molar-refractivity contribution in [3.05, 3.63) is 77.1 Å². The number of benzene rings is 2. The summed E-state index contributed by atoms with van der Waals surface area (Å²) in [5.74, 6) is 1.03. The second-order valence-corrected chi connectivity index (χ2v) is 8.14. The lowest BCUT2D eigenvalue weighted by atomic mass is 10.2. The van der Waals surface area contributed by atoms with Gasteiger partial charge in [-0.05, 0) is 51.1 Å². The SMILES string of the molecule is CC(C)(C)OC(=O)n1ccc2cc(Oc3ccnc(Nc4cccc([N+](=O)[O-])c4)n3)ccc21. The number of hydrogen-bond acceptors (Lipinski definition) is 8. The highest BCUT2D eigenvalue weighted by atomic mass is 16.6. The second kappa shape index (κ2) is 8.58. The molecule has 168 valence electrons. The van der Waals surface area contributed by atoms with Crippen LogP contribution in [0.2, 0.25) is 0 Å². The minimum absolute atomic E-state index is 0.0426. The third kappa shape index (κ3) is 5.24. The normalized spacial score (nSPS) is 11.2. The lowest BCUT2D eigenvalue weighted by Gasteiger charge is -2.19. The van der Waals surface area contributed by atoms with E-state index in [1.54, 1.807) is 48.7 Å². The molecule has 4 aromatic rings. The van der Waals surface area contributed by atoms with Crippen LogP contribution < -0.4 is 10.1 Å². The van der Waals surface area contributed by atoms with Gasteiger partial charge >= 0.3 is 6.09 Å². The Balaban J connectivity index is 1.51. The minimum atomic E-state index is -0.597. The fraction of sp³-hybridized carbons (Fsp3) is 0.174. The largest absolute Gasteiger partial charge is 0.443 e. The van der Waals surface area contributed by atoms with Gasteiger partial charge in [-0.25, -0.2) is 9.78 Å². The van der Waals surface area contributed by atoms with Gasteiger partial charge in [0.1, 0.15) is 11.4 Å². The smallest absolute Gasteiger partial charge is 0.418 e. The zero-order valence-corrected chi connectivity index (χ0v) is 18.2. The summed E-state index contributed by atoms with van der Waals surface area (Å²) in [4.78, 5) is 31.3. The van der Waals surface area contributed by atoms with E-state index in [1.807, 2.05) is 20.8 Å². The number of nitrogens with one attached hydrogen (secondary N) is 1. The quantitative estimate of drug-likeness (QED) is 0.307. The fourth-order valence-electron chi connectivity index (χ4n) is 3.06. The third-order valence-electron chi connectivity index (χ3n) is 4.42. The molecule has 0 radical (unpaired) electrons. The molecule has 2 aromatic carbocycles. The molecule has 0 saturated heterocycles.